The van der Waals surface area contributed by atoms with Gasteiger partial charge >= 0.3 is 0 Å². The molecule has 0 atom stereocenters. The van der Waals surface area contributed by atoms with Gasteiger partial charge < -0.3 is 11.1 Å². The highest BCUT2D eigenvalue weighted by Gasteiger charge is 2.10. The third-order valence-corrected chi connectivity index (χ3v) is 3.97. The maximum Gasteiger partial charge on any atom is 0.193 e. The molecule has 0 saturated heterocycles. The van der Waals surface area contributed by atoms with E-state index in [-0.39, 0.29) is 0 Å². The van der Waals surface area contributed by atoms with E-state index in [0.717, 1.165) is 23.5 Å². The standard InChI is InChI=1S/C18H22N4/c1-13-4-2-7-16(21-13)10-11-20-18(19)22-17-9-8-14-5-3-6-15(14)12-17/h2,4,7-9,12H,3,5-6,10-11H2,1H3,(H3,19,20,22). The summed E-state index contributed by atoms with van der Waals surface area (Å²) in [5.74, 6) is 0.464. The summed E-state index contributed by atoms with van der Waals surface area (Å²) in [6, 6.07) is 12.5. The Morgan fingerprint density at radius 3 is 2.95 bits per heavy atom. The van der Waals surface area contributed by atoms with Crippen molar-refractivity contribution in [3.05, 3.63) is 58.9 Å². The highest BCUT2D eigenvalue weighted by molar-refractivity contribution is 5.92. The normalized spacial score (nSPS) is 14.0. The summed E-state index contributed by atoms with van der Waals surface area (Å²) < 4.78 is 0. The van der Waals surface area contributed by atoms with Crippen molar-refractivity contribution in [1.29, 1.82) is 0 Å². The first-order valence-corrected chi connectivity index (χ1v) is 7.82. The summed E-state index contributed by atoms with van der Waals surface area (Å²) >= 11 is 0. The van der Waals surface area contributed by atoms with Gasteiger partial charge in [-0.2, -0.15) is 0 Å². The Morgan fingerprint density at radius 1 is 1.23 bits per heavy atom. The smallest absolute Gasteiger partial charge is 0.193 e. The molecule has 0 saturated carbocycles. The fourth-order valence-electron chi connectivity index (χ4n) is 2.87. The zero-order valence-corrected chi connectivity index (χ0v) is 13.0. The van der Waals surface area contributed by atoms with Gasteiger partial charge in [0.2, 0.25) is 0 Å². The molecule has 1 aliphatic carbocycles. The molecule has 1 aliphatic rings. The van der Waals surface area contributed by atoms with Crippen LogP contribution in [0.4, 0.5) is 5.69 Å². The van der Waals surface area contributed by atoms with Crippen LogP contribution in [0, 0.1) is 6.92 Å². The van der Waals surface area contributed by atoms with Gasteiger partial charge in [0.1, 0.15) is 0 Å². The largest absolute Gasteiger partial charge is 0.370 e. The monoisotopic (exact) mass is 294 g/mol. The molecule has 0 aliphatic heterocycles. The number of aryl methyl sites for hydroxylation is 3. The van der Waals surface area contributed by atoms with Gasteiger partial charge in [-0.15, -0.1) is 0 Å². The maximum atomic E-state index is 5.96. The quantitative estimate of drug-likeness (QED) is 0.673. The number of aliphatic imine (C=N–C) groups is 1. The average Bonchev–Trinajstić information content (AvgIpc) is 2.95. The Hall–Kier alpha value is -2.36. The van der Waals surface area contributed by atoms with Crippen LogP contribution in [-0.4, -0.2) is 17.5 Å². The number of nitrogens with zero attached hydrogens (tertiary/aromatic N) is 2. The third-order valence-electron chi connectivity index (χ3n) is 3.97. The highest BCUT2D eigenvalue weighted by atomic mass is 15.1. The number of aromatic nitrogens is 1. The van der Waals surface area contributed by atoms with E-state index in [1.54, 1.807) is 0 Å². The second-order valence-electron chi connectivity index (χ2n) is 5.75. The summed E-state index contributed by atoms with van der Waals surface area (Å²) in [6.07, 6.45) is 4.42. The Bertz CT molecular complexity index is 691. The summed E-state index contributed by atoms with van der Waals surface area (Å²) in [5, 5.41) is 3.18. The van der Waals surface area contributed by atoms with Crippen LogP contribution in [0.15, 0.2) is 41.4 Å². The van der Waals surface area contributed by atoms with Crippen molar-refractivity contribution in [3.63, 3.8) is 0 Å². The Labute approximate surface area is 131 Å². The molecular formula is C18H22N4. The number of nitrogens with two attached hydrogens (primary N) is 1. The van der Waals surface area contributed by atoms with Crippen LogP contribution in [0.5, 0.6) is 0 Å². The number of nitrogens with one attached hydrogen (secondary N) is 1. The number of hydrogen-bond donors (Lipinski definition) is 2. The van der Waals surface area contributed by atoms with Crippen LogP contribution in [-0.2, 0) is 19.3 Å². The molecule has 3 rings (SSSR count). The number of guanidine groups is 1. The molecule has 22 heavy (non-hydrogen) atoms. The second kappa shape index (κ2) is 6.60. The van der Waals surface area contributed by atoms with Gasteiger partial charge in [0.25, 0.3) is 0 Å². The van der Waals surface area contributed by atoms with Gasteiger partial charge in [0.05, 0.1) is 0 Å². The van der Waals surface area contributed by atoms with Crippen molar-refractivity contribution < 1.29 is 0 Å². The minimum absolute atomic E-state index is 0.464. The molecule has 2 aromatic rings. The number of fused-ring (bicyclic) bond motifs is 1. The molecule has 4 heteroatoms. The zero-order valence-electron chi connectivity index (χ0n) is 13.0. The fourth-order valence-corrected chi connectivity index (χ4v) is 2.87. The van der Waals surface area contributed by atoms with Gasteiger partial charge in [-0.3, -0.25) is 9.98 Å². The minimum atomic E-state index is 0.464. The third kappa shape index (κ3) is 3.64. The SMILES string of the molecule is Cc1cccc(CCN=C(N)Nc2ccc3c(c2)CCC3)n1. The van der Waals surface area contributed by atoms with Crippen molar-refractivity contribution >= 4 is 11.6 Å². The van der Waals surface area contributed by atoms with E-state index in [0.29, 0.717) is 12.5 Å². The van der Waals surface area contributed by atoms with E-state index in [9.17, 15) is 0 Å². The molecule has 0 unspecified atom stereocenters. The molecule has 1 aromatic carbocycles. The lowest BCUT2D eigenvalue weighted by Gasteiger charge is -2.08. The molecule has 0 amide bonds. The van der Waals surface area contributed by atoms with Gasteiger partial charge in [-0.25, -0.2) is 0 Å². The summed E-state index contributed by atoms with van der Waals surface area (Å²) in [6.45, 7) is 2.64. The lowest BCUT2D eigenvalue weighted by atomic mass is 10.1. The van der Waals surface area contributed by atoms with Gasteiger partial charge in [0.15, 0.2) is 5.96 Å². The Morgan fingerprint density at radius 2 is 2.09 bits per heavy atom. The number of pyridine rings is 1. The first-order chi connectivity index (χ1) is 10.7. The molecule has 0 bridgehead atoms. The topological polar surface area (TPSA) is 63.3 Å². The summed E-state index contributed by atoms with van der Waals surface area (Å²) in [5.41, 5.74) is 12.0. The minimum Gasteiger partial charge on any atom is -0.370 e. The molecule has 0 radical (unpaired) electrons. The average molecular weight is 294 g/mol. The molecule has 1 heterocycles. The van der Waals surface area contributed by atoms with E-state index >= 15 is 0 Å². The first kappa shape index (κ1) is 14.6. The zero-order chi connectivity index (χ0) is 15.4. The van der Waals surface area contributed by atoms with E-state index < -0.39 is 0 Å². The number of anilines is 1. The van der Waals surface area contributed by atoms with E-state index in [1.807, 2.05) is 25.1 Å². The molecule has 1 aromatic heterocycles. The molecule has 114 valence electrons. The lowest BCUT2D eigenvalue weighted by Crippen LogP contribution is -2.23. The molecular weight excluding hydrogens is 272 g/mol. The van der Waals surface area contributed by atoms with Crippen molar-refractivity contribution in [3.8, 4) is 0 Å². The lowest BCUT2D eigenvalue weighted by molar-refractivity contribution is 0.910. The van der Waals surface area contributed by atoms with Gasteiger partial charge in [0, 0.05) is 30.0 Å². The van der Waals surface area contributed by atoms with E-state index in [4.69, 9.17) is 5.73 Å². The molecule has 4 nitrogen and oxygen atoms in total. The van der Waals surface area contributed by atoms with Crippen molar-refractivity contribution in [2.45, 2.75) is 32.6 Å². The molecule has 0 spiro atoms. The maximum absolute atomic E-state index is 5.96. The van der Waals surface area contributed by atoms with Crippen LogP contribution in [0.3, 0.4) is 0 Å². The van der Waals surface area contributed by atoms with E-state index in [1.165, 1.54) is 30.4 Å². The fraction of sp³-hybridized carbons (Fsp3) is 0.333. The van der Waals surface area contributed by atoms with Crippen molar-refractivity contribution in [2.24, 2.45) is 10.7 Å². The van der Waals surface area contributed by atoms with Crippen LogP contribution in [0.25, 0.3) is 0 Å². The predicted molar refractivity (Wildman–Crippen MR) is 91.3 cm³/mol. The van der Waals surface area contributed by atoms with Crippen molar-refractivity contribution in [1.82, 2.24) is 4.98 Å². The number of rotatable bonds is 4. The summed E-state index contributed by atoms with van der Waals surface area (Å²) in [4.78, 5) is 8.84. The van der Waals surface area contributed by atoms with Crippen LogP contribution < -0.4 is 11.1 Å². The van der Waals surface area contributed by atoms with E-state index in [2.05, 4.69) is 33.5 Å². The number of benzene rings is 1. The molecule has 3 N–H and O–H groups in total. The van der Waals surface area contributed by atoms with Crippen LogP contribution in [0.1, 0.15) is 28.9 Å². The second-order valence-corrected chi connectivity index (χ2v) is 5.75. The Kier molecular flexibility index (Phi) is 4.37. The molecule has 0 fully saturated rings. The number of hydrogen-bond acceptors (Lipinski definition) is 2. The summed E-state index contributed by atoms with van der Waals surface area (Å²) in [7, 11) is 0. The van der Waals surface area contributed by atoms with Crippen LogP contribution in [0.2, 0.25) is 0 Å². The van der Waals surface area contributed by atoms with Crippen molar-refractivity contribution in [2.75, 3.05) is 11.9 Å². The van der Waals surface area contributed by atoms with Gasteiger partial charge in [-0.1, -0.05) is 12.1 Å². The Balaban J connectivity index is 1.56. The highest BCUT2D eigenvalue weighted by Crippen LogP contribution is 2.24. The predicted octanol–water partition coefficient (Wildman–Crippen LogP) is 2.85. The van der Waals surface area contributed by atoms with Crippen LogP contribution >= 0.6 is 0 Å². The first-order valence-electron chi connectivity index (χ1n) is 7.82. The van der Waals surface area contributed by atoms with Gasteiger partial charge in [-0.05, 0) is 61.6 Å².